The Hall–Kier alpha value is -0.590. The van der Waals surface area contributed by atoms with Crippen molar-refractivity contribution < 1.29 is 0 Å². The average Bonchev–Trinajstić information content (AvgIpc) is 1.99. The summed E-state index contributed by atoms with van der Waals surface area (Å²) in [6, 6.07) is 0. The Bertz CT molecular complexity index is 154. The molecule has 1 nitrogen and oxygen atoms in total. The molecule has 0 N–H and O–H groups in total. The smallest absolute Gasteiger partial charge is 0.0598 e. The molecule has 0 radical (unpaired) electrons. The minimum Gasteiger partial charge on any atom is -0.290 e. The van der Waals surface area contributed by atoms with Crippen LogP contribution in [0, 0.1) is 5.92 Å². The molecule has 0 bridgehead atoms. The van der Waals surface area contributed by atoms with E-state index in [2.05, 4.69) is 39.3 Å². The standard InChI is InChI=1S/C10H19N/c1-6-10(5)11-7-9(4)8(2)3/h8H,4,6-7H2,1-3,5H3/b11-10+. The minimum atomic E-state index is 0.559. The van der Waals surface area contributed by atoms with Gasteiger partial charge in [0.2, 0.25) is 0 Å². The fourth-order valence-corrected chi connectivity index (χ4v) is 0.531. The lowest BCUT2D eigenvalue weighted by Crippen LogP contribution is -1.98. The average molecular weight is 153 g/mol. The summed E-state index contributed by atoms with van der Waals surface area (Å²) in [6.07, 6.45) is 1.05. The molecule has 0 aliphatic rings. The largest absolute Gasteiger partial charge is 0.290 e. The van der Waals surface area contributed by atoms with Gasteiger partial charge in [0.05, 0.1) is 6.54 Å². The van der Waals surface area contributed by atoms with Gasteiger partial charge >= 0.3 is 0 Å². The number of hydrogen-bond donors (Lipinski definition) is 0. The third kappa shape index (κ3) is 4.77. The summed E-state index contributed by atoms with van der Waals surface area (Å²) in [4.78, 5) is 4.38. The highest BCUT2D eigenvalue weighted by Gasteiger charge is 1.97. The van der Waals surface area contributed by atoms with Gasteiger partial charge in [-0.05, 0) is 19.3 Å². The molecule has 11 heavy (non-hydrogen) atoms. The molecule has 0 atom stereocenters. The van der Waals surface area contributed by atoms with E-state index in [0.717, 1.165) is 13.0 Å². The van der Waals surface area contributed by atoms with Crippen molar-refractivity contribution >= 4 is 5.71 Å². The molecule has 0 aromatic heterocycles. The lowest BCUT2D eigenvalue weighted by Gasteiger charge is -2.05. The Kier molecular flexibility index (Phi) is 4.84. The van der Waals surface area contributed by atoms with Gasteiger partial charge in [-0.2, -0.15) is 0 Å². The van der Waals surface area contributed by atoms with Crippen LogP contribution in [0.2, 0.25) is 0 Å². The van der Waals surface area contributed by atoms with Crippen LogP contribution in [0.3, 0.4) is 0 Å². The van der Waals surface area contributed by atoms with Crippen molar-refractivity contribution in [1.29, 1.82) is 0 Å². The van der Waals surface area contributed by atoms with Crippen LogP contribution in [-0.2, 0) is 0 Å². The molecule has 0 aliphatic heterocycles. The van der Waals surface area contributed by atoms with E-state index in [1.54, 1.807) is 0 Å². The fourth-order valence-electron chi connectivity index (χ4n) is 0.531. The molecule has 0 saturated heterocycles. The van der Waals surface area contributed by atoms with E-state index in [-0.39, 0.29) is 0 Å². The molecular formula is C10H19N. The van der Waals surface area contributed by atoms with Gasteiger partial charge in [0, 0.05) is 5.71 Å². The predicted octanol–water partition coefficient (Wildman–Crippen LogP) is 3.07. The van der Waals surface area contributed by atoms with Gasteiger partial charge < -0.3 is 0 Å². The van der Waals surface area contributed by atoms with E-state index in [1.165, 1.54) is 11.3 Å². The topological polar surface area (TPSA) is 12.4 Å². The molecule has 0 saturated carbocycles. The normalized spacial score (nSPS) is 12.3. The molecule has 0 aliphatic carbocycles. The molecule has 0 unspecified atom stereocenters. The van der Waals surface area contributed by atoms with Crippen molar-refractivity contribution in [3.63, 3.8) is 0 Å². The van der Waals surface area contributed by atoms with Gasteiger partial charge in [-0.15, -0.1) is 0 Å². The third-order valence-corrected chi connectivity index (χ3v) is 1.88. The zero-order valence-corrected chi connectivity index (χ0v) is 8.15. The molecular weight excluding hydrogens is 134 g/mol. The highest BCUT2D eigenvalue weighted by atomic mass is 14.7. The minimum absolute atomic E-state index is 0.559. The maximum absolute atomic E-state index is 4.38. The molecule has 0 fully saturated rings. The quantitative estimate of drug-likeness (QED) is 0.435. The maximum Gasteiger partial charge on any atom is 0.0598 e. The van der Waals surface area contributed by atoms with Crippen LogP contribution in [0.5, 0.6) is 0 Å². The van der Waals surface area contributed by atoms with E-state index >= 15 is 0 Å². The van der Waals surface area contributed by atoms with Gasteiger partial charge in [-0.25, -0.2) is 0 Å². The first kappa shape index (κ1) is 10.4. The van der Waals surface area contributed by atoms with Crippen molar-refractivity contribution in [2.75, 3.05) is 6.54 Å². The van der Waals surface area contributed by atoms with Gasteiger partial charge in [-0.3, -0.25) is 4.99 Å². The van der Waals surface area contributed by atoms with E-state index in [4.69, 9.17) is 0 Å². The Balaban J connectivity index is 3.78. The zero-order valence-electron chi connectivity index (χ0n) is 8.15. The molecule has 0 aromatic rings. The molecule has 0 amide bonds. The van der Waals surface area contributed by atoms with Gasteiger partial charge in [0.25, 0.3) is 0 Å². The molecule has 0 rings (SSSR count). The molecule has 0 spiro atoms. The van der Waals surface area contributed by atoms with E-state index in [9.17, 15) is 0 Å². The highest BCUT2D eigenvalue weighted by molar-refractivity contribution is 5.81. The van der Waals surface area contributed by atoms with Crippen LogP contribution < -0.4 is 0 Å². The lowest BCUT2D eigenvalue weighted by molar-refractivity contribution is 0.750. The first-order valence-corrected chi connectivity index (χ1v) is 4.25. The van der Waals surface area contributed by atoms with Crippen molar-refractivity contribution in [3.8, 4) is 0 Å². The van der Waals surface area contributed by atoms with Crippen molar-refractivity contribution in [1.82, 2.24) is 0 Å². The van der Waals surface area contributed by atoms with Crippen molar-refractivity contribution in [2.24, 2.45) is 10.9 Å². The summed E-state index contributed by atoms with van der Waals surface area (Å²) in [7, 11) is 0. The first-order valence-electron chi connectivity index (χ1n) is 4.25. The molecule has 0 heterocycles. The maximum atomic E-state index is 4.38. The van der Waals surface area contributed by atoms with Crippen LogP contribution in [0.25, 0.3) is 0 Å². The summed E-state index contributed by atoms with van der Waals surface area (Å²) < 4.78 is 0. The molecule has 0 aromatic carbocycles. The second kappa shape index (κ2) is 5.11. The van der Waals surface area contributed by atoms with Crippen LogP contribution in [0.15, 0.2) is 17.1 Å². The summed E-state index contributed by atoms with van der Waals surface area (Å²) in [5, 5.41) is 0. The molecule has 64 valence electrons. The Morgan fingerprint density at radius 3 is 2.36 bits per heavy atom. The highest BCUT2D eigenvalue weighted by Crippen LogP contribution is 2.06. The summed E-state index contributed by atoms with van der Waals surface area (Å²) in [5.41, 5.74) is 2.43. The van der Waals surface area contributed by atoms with Crippen LogP contribution in [-0.4, -0.2) is 12.3 Å². The summed E-state index contributed by atoms with van der Waals surface area (Å²) in [5.74, 6) is 0.559. The second-order valence-electron chi connectivity index (χ2n) is 3.22. The van der Waals surface area contributed by atoms with E-state index in [1.807, 2.05) is 0 Å². The Morgan fingerprint density at radius 2 is 2.00 bits per heavy atom. The first-order chi connectivity index (χ1) is 5.07. The number of aliphatic imine (C=N–C) groups is 1. The molecule has 1 heteroatoms. The number of hydrogen-bond acceptors (Lipinski definition) is 1. The number of rotatable bonds is 4. The van der Waals surface area contributed by atoms with E-state index in [0.29, 0.717) is 5.92 Å². The van der Waals surface area contributed by atoms with Crippen LogP contribution in [0.4, 0.5) is 0 Å². The van der Waals surface area contributed by atoms with Crippen LogP contribution in [0.1, 0.15) is 34.1 Å². The van der Waals surface area contributed by atoms with Gasteiger partial charge in [0.1, 0.15) is 0 Å². The predicted molar refractivity (Wildman–Crippen MR) is 52.2 cm³/mol. The van der Waals surface area contributed by atoms with Gasteiger partial charge in [-0.1, -0.05) is 32.9 Å². The summed E-state index contributed by atoms with van der Waals surface area (Å²) in [6.45, 7) is 13.2. The summed E-state index contributed by atoms with van der Waals surface area (Å²) >= 11 is 0. The second-order valence-corrected chi connectivity index (χ2v) is 3.22. The number of nitrogens with zero attached hydrogens (tertiary/aromatic N) is 1. The SMILES string of the molecule is C=C(C/N=C(\C)CC)C(C)C. The van der Waals surface area contributed by atoms with E-state index < -0.39 is 0 Å². The Labute approximate surface area is 70.2 Å². The zero-order chi connectivity index (χ0) is 8.85. The fraction of sp³-hybridized carbons (Fsp3) is 0.700. The Morgan fingerprint density at radius 1 is 1.45 bits per heavy atom. The third-order valence-electron chi connectivity index (χ3n) is 1.88. The van der Waals surface area contributed by atoms with Gasteiger partial charge in [0.15, 0.2) is 0 Å². The monoisotopic (exact) mass is 153 g/mol. The van der Waals surface area contributed by atoms with Crippen LogP contribution >= 0.6 is 0 Å². The van der Waals surface area contributed by atoms with Crippen molar-refractivity contribution in [3.05, 3.63) is 12.2 Å². The lowest BCUT2D eigenvalue weighted by atomic mass is 10.1. The van der Waals surface area contributed by atoms with Crippen molar-refractivity contribution in [2.45, 2.75) is 34.1 Å².